The second-order valence-electron chi connectivity index (χ2n) is 5.52. The molecule has 0 bridgehead atoms. The largest absolute Gasteiger partial charge is 0.478 e. The molecule has 0 spiro atoms. The molecule has 2 aromatic rings. The van der Waals surface area contributed by atoms with Crippen molar-refractivity contribution in [2.24, 2.45) is 0 Å². The van der Waals surface area contributed by atoms with E-state index in [1.165, 1.54) is 0 Å². The van der Waals surface area contributed by atoms with Gasteiger partial charge in [-0.3, -0.25) is 0 Å². The van der Waals surface area contributed by atoms with Crippen molar-refractivity contribution in [1.82, 2.24) is 0 Å². The molecule has 30 heavy (non-hydrogen) atoms. The molecule has 0 aliphatic rings. The first kappa shape index (κ1) is 21.7. The van der Waals surface area contributed by atoms with Crippen molar-refractivity contribution in [3.8, 4) is 0 Å². The van der Waals surface area contributed by atoms with Gasteiger partial charge in [0, 0.05) is 12.2 Å². The standard InChI is InChI=1S/C20H12O10/c21-15(29-19(27)13-5-1-11(2-6-13)17(23)24)9-10-16(22)30-20(28)14-7-3-12(4-8-14)18(25)26/h1-10H,(H,23,24)(H,25,26)/b10-9-. The number of carboxylic acid groups (broad SMARTS) is 2. The van der Waals surface area contributed by atoms with Crippen LogP contribution < -0.4 is 0 Å². The van der Waals surface area contributed by atoms with E-state index in [0.717, 1.165) is 48.5 Å². The fourth-order valence-corrected chi connectivity index (χ4v) is 2.00. The molecule has 152 valence electrons. The Balaban J connectivity index is 1.89. The first-order valence-corrected chi connectivity index (χ1v) is 8.04. The summed E-state index contributed by atoms with van der Waals surface area (Å²) in [6.07, 6.45) is 1.12. The lowest BCUT2D eigenvalue weighted by atomic mass is 10.1. The highest BCUT2D eigenvalue weighted by Crippen LogP contribution is 2.08. The normalized spacial score (nSPS) is 10.3. The van der Waals surface area contributed by atoms with Gasteiger partial charge in [-0.15, -0.1) is 0 Å². The van der Waals surface area contributed by atoms with E-state index < -0.39 is 35.8 Å². The van der Waals surface area contributed by atoms with Crippen molar-refractivity contribution in [3.05, 3.63) is 82.9 Å². The summed E-state index contributed by atoms with van der Waals surface area (Å²) in [5.41, 5.74) is -0.320. The van der Waals surface area contributed by atoms with Crippen LogP contribution in [0.4, 0.5) is 0 Å². The van der Waals surface area contributed by atoms with Crippen LogP contribution in [0.15, 0.2) is 60.7 Å². The third-order valence-corrected chi connectivity index (χ3v) is 3.48. The van der Waals surface area contributed by atoms with Crippen molar-refractivity contribution >= 4 is 35.8 Å². The molecular weight excluding hydrogens is 400 g/mol. The number of rotatable bonds is 6. The van der Waals surface area contributed by atoms with Crippen molar-refractivity contribution < 1.29 is 48.5 Å². The lowest BCUT2D eigenvalue weighted by molar-refractivity contribution is -0.135. The van der Waals surface area contributed by atoms with E-state index in [0.29, 0.717) is 12.2 Å². The summed E-state index contributed by atoms with van der Waals surface area (Å²) in [4.78, 5) is 68.2. The number of carbonyl (C=O) groups is 6. The highest BCUT2D eigenvalue weighted by atomic mass is 16.6. The zero-order valence-electron chi connectivity index (χ0n) is 14.9. The molecule has 2 rings (SSSR count). The summed E-state index contributed by atoms with van der Waals surface area (Å²) in [5, 5.41) is 17.6. The number of hydrogen-bond acceptors (Lipinski definition) is 8. The monoisotopic (exact) mass is 412 g/mol. The Morgan fingerprint density at radius 3 is 1.07 bits per heavy atom. The first-order valence-electron chi connectivity index (χ1n) is 8.04. The predicted octanol–water partition coefficient (Wildman–Crippen LogP) is 1.71. The van der Waals surface area contributed by atoms with E-state index in [1.807, 2.05) is 0 Å². The molecule has 0 saturated heterocycles. The number of aromatic carboxylic acids is 2. The van der Waals surface area contributed by atoms with E-state index in [4.69, 9.17) is 10.2 Å². The van der Waals surface area contributed by atoms with Gasteiger partial charge in [0.15, 0.2) is 0 Å². The average molecular weight is 412 g/mol. The summed E-state index contributed by atoms with van der Waals surface area (Å²) in [7, 11) is 0. The van der Waals surface area contributed by atoms with E-state index in [1.54, 1.807) is 0 Å². The van der Waals surface area contributed by atoms with Gasteiger partial charge in [0.25, 0.3) is 0 Å². The number of carboxylic acids is 2. The van der Waals surface area contributed by atoms with E-state index in [9.17, 15) is 28.8 Å². The third kappa shape index (κ3) is 5.96. The maximum absolute atomic E-state index is 11.8. The van der Waals surface area contributed by atoms with Crippen molar-refractivity contribution in [3.63, 3.8) is 0 Å². The van der Waals surface area contributed by atoms with E-state index in [-0.39, 0.29) is 22.3 Å². The molecule has 10 heteroatoms. The number of hydrogen-bond donors (Lipinski definition) is 2. The molecule has 0 heterocycles. The number of esters is 4. The molecular formula is C20H12O10. The Morgan fingerprint density at radius 1 is 0.533 bits per heavy atom. The molecule has 0 atom stereocenters. The van der Waals surface area contributed by atoms with Crippen LogP contribution in [0.3, 0.4) is 0 Å². The summed E-state index contributed by atoms with van der Waals surface area (Å²) < 4.78 is 8.90. The SMILES string of the molecule is O=C(/C=C\C(=O)OC(=O)c1ccc(C(=O)O)cc1)OC(=O)c1ccc(C(=O)O)cc1. The Morgan fingerprint density at radius 2 is 0.800 bits per heavy atom. The van der Waals surface area contributed by atoms with Gasteiger partial charge in [0.1, 0.15) is 0 Å². The molecule has 2 N–H and O–H groups in total. The first-order chi connectivity index (χ1) is 14.2. The fraction of sp³-hybridized carbons (Fsp3) is 0. The number of benzene rings is 2. The lowest BCUT2D eigenvalue weighted by Crippen LogP contribution is -2.13. The topological polar surface area (TPSA) is 161 Å². The van der Waals surface area contributed by atoms with Crippen LogP contribution in [0.2, 0.25) is 0 Å². The molecule has 0 aromatic heterocycles. The Kier molecular flexibility index (Phi) is 6.91. The van der Waals surface area contributed by atoms with Gasteiger partial charge in [-0.1, -0.05) is 0 Å². The summed E-state index contributed by atoms with van der Waals surface area (Å²) in [6, 6.07) is 9.15. The van der Waals surface area contributed by atoms with Gasteiger partial charge in [0.2, 0.25) is 0 Å². The minimum Gasteiger partial charge on any atom is -0.478 e. The Labute approximate surface area is 168 Å². The quantitative estimate of drug-likeness (QED) is 0.406. The second-order valence-corrected chi connectivity index (χ2v) is 5.52. The van der Waals surface area contributed by atoms with Crippen molar-refractivity contribution in [2.75, 3.05) is 0 Å². The Bertz CT molecular complexity index is 960. The molecule has 0 amide bonds. The number of carbonyl (C=O) groups excluding carboxylic acids is 4. The lowest BCUT2D eigenvalue weighted by Gasteiger charge is -2.02. The zero-order chi connectivity index (χ0) is 22.3. The van der Waals surface area contributed by atoms with Crippen molar-refractivity contribution in [2.45, 2.75) is 0 Å². The molecule has 10 nitrogen and oxygen atoms in total. The molecule has 0 unspecified atom stereocenters. The minimum atomic E-state index is -1.22. The number of ether oxygens (including phenoxy) is 2. The van der Waals surface area contributed by atoms with Gasteiger partial charge >= 0.3 is 35.8 Å². The maximum Gasteiger partial charge on any atom is 0.346 e. The van der Waals surface area contributed by atoms with Gasteiger partial charge in [-0.25, -0.2) is 28.8 Å². The van der Waals surface area contributed by atoms with Gasteiger partial charge in [-0.05, 0) is 48.5 Å². The van der Waals surface area contributed by atoms with E-state index >= 15 is 0 Å². The van der Waals surface area contributed by atoms with Crippen LogP contribution in [0.5, 0.6) is 0 Å². The summed E-state index contributed by atoms with van der Waals surface area (Å²) in [5.74, 6) is -7.00. The summed E-state index contributed by atoms with van der Waals surface area (Å²) in [6.45, 7) is 0. The highest BCUT2D eigenvalue weighted by Gasteiger charge is 2.15. The van der Waals surface area contributed by atoms with Crippen molar-refractivity contribution in [1.29, 1.82) is 0 Å². The van der Waals surface area contributed by atoms with Gasteiger partial charge < -0.3 is 19.7 Å². The second kappa shape index (κ2) is 9.55. The summed E-state index contributed by atoms with van der Waals surface area (Å²) >= 11 is 0. The fourth-order valence-electron chi connectivity index (χ4n) is 2.00. The highest BCUT2D eigenvalue weighted by molar-refractivity contribution is 6.04. The zero-order valence-corrected chi connectivity index (χ0v) is 14.9. The third-order valence-electron chi connectivity index (χ3n) is 3.48. The van der Waals surface area contributed by atoms with Crippen LogP contribution in [-0.2, 0) is 19.1 Å². The smallest absolute Gasteiger partial charge is 0.346 e. The minimum absolute atomic E-state index is 0.0669. The van der Waals surface area contributed by atoms with Crippen LogP contribution in [0.25, 0.3) is 0 Å². The average Bonchev–Trinajstić information content (AvgIpc) is 2.72. The van der Waals surface area contributed by atoms with Crippen LogP contribution in [0.1, 0.15) is 41.4 Å². The molecule has 0 saturated carbocycles. The Hall–Kier alpha value is -4.60. The van der Waals surface area contributed by atoms with E-state index in [2.05, 4.69) is 9.47 Å². The van der Waals surface area contributed by atoms with Crippen LogP contribution >= 0.6 is 0 Å². The molecule has 0 aliphatic heterocycles. The van der Waals surface area contributed by atoms with Crippen LogP contribution in [0, 0.1) is 0 Å². The predicted molar refractivity (Wildman–Crippen MR) is 96.8 cm³/mol. The molecule has 2 aromatic carbocycles. The molecule has 0 aliphatic carbocycles. The van der Waals surface area contributed by atoms with Crippen LogP contribution in [-0.4, -0.2) is 46.0 Å². The molecule has 0 fully saturated rings. The van der Waals surface area contributed by atoms with Gasteiger partial charge in [0.05, 0.1) is 22.3 Å². The molecule has 0 radical (unpaired) electrons. The maximum atomic E-state index is 11.8. The van der Waals surface area contributed by atoms with Gasteiger partial charge in [-0.2, -0.15) is 0 Å².